The molecule has 0 aromatic carbocycles. The molecule has 0 aromatic heterocycles. The topological polar surface area (TPSA) is 46.6 Å². The van der Waals surface area contributed by atoms with E-state index in [2.05, 4.69) is 6.58 Å². The molecule has 0 aliphatic rings. The predicted molar refractivity (Wildman–Crippen MR) is 67.9 cm³/mol. The number of ether oxygens (including phenoxy) is 1. The molecule has 0 aromatic rings. The lowest BCUT2D eigenvalue weighted by Crippen LogP contribution is -2.34. The lowest BCUT2D eigenvalue weighted by atomic mass is 10.1. The van der Waals surface area contributed by atoms with Gasteiger partial charge in [0.1, 0.15) is 5.60 Å². The minimum absolute atomic E-state index is 0.0441. The first kappa shape index (κ1) is 15.7. The van der Waals surface area contributed by atoms with E-state index in [0.29, 0.717) is 25.0 Å². The smallest absolute Gasteiger partial charge is 0.410 e. The number of hydrogen-bond donors (Lipinski definition) is 0. The fourth-order valence-corrected chi connectivity index (χ4v) is 1.12. The van der Waals surface area contributed by atoms with E-state index >= 15 is 0 Å². The summed E-state index contributed by atoms with van der Waals surface area (Å²) in [6, 6.07) is 0. The van der Waals surface area contributed by atoms with E-state index < -0.39 is 5.60 Å². The highest BCUT2D eigenvalue weighted by molar-refractivity contribution is 5.94. The Bertz CT molecular complexity index is 302. The molecule has 98 valence electrons. The zero-order valence-corrected chi connectivity index (χ0v) is 11.5. The van der Waals surface area contributed by atoms with Crippen LogP contribution >= 0.6 is 0 Å². The maximum Gasteiger partial charge on any atom is 0.410 e. The summed E-state index contributed by atoms with van der Waals surface area (Å²) in [6.07, 6.45) is 0.685. The van der Waals surface area contributed by atoms with Gasteiger partial charge in [0.2, 0.25) is 0 Å². The van der Waals surface area contributed by atoms with Crippen LogP contribution in [0.25, 0.3) is 0 Å². The van der Waals surface area contributed by atoms with Gasteiger partial charge in [0, 0.05) is 20.0 Å². The van der Waals surface area contributed by atoms with Gasteiger partial charge in [-0.25, -0.2) is 4.79 Å². The van der Waals surface area contributed by atoms with Crippen molar-refractivity contribution in [2.24, 2.45) is 0 Å². The summed E-state index contributed by atoms with van der Waals surface area (Å²) in [7, 11) is 1.67. The molecule has 4 heteroatoms. The second-order valence-electron chi connectivity index (χ2n) is 5.21. The van der Waals surface area contributed by atoms with E-state index in [1.807, 2.05) is 20.8 Å². The molecular weight excluding hydrogens is 218 g/mol. The molecule has 0 spiro atoms. The van der Waals surface area contributed by atoms with Crippen molar-refractivity contribution in [3.8, 4) is 0 Å². The largest absolute Gasteiger partial charge is 0.444 e. The molecule has 0 radical (unpaired) electrons. The first-order valence-corrected chi connectivity index (χ1v) is 5.76. The maximum absolute atomic E-state index is 11.6. The number of carbonyl (C=O) groups excluding carboxylic acids is 2. The van der Waals surface area contributed by atoms with Crippen molar-refractivity contribution >= 4 is 11.9 Å². The van der Waals surface area contributed by atoms with Gasteiger partial charge in [-0.1, -0.05) is 6.58 Å². The Labute approximate surface area is 104 Å². The Morgan fingerprint density at radius 2 is 1.82 bits per heavy atom. The van der Waals surface area contributed by atoms with Gasteiger partial charge < -0.3 is 9.64 Å². The highest BCUT2D eigenvalue weighted by atomic mass is 16.6. The summed E-state index contributed by atoms with van der Waals surface area (Å²) in [6.45, 7) is 11.3. The molecule has 0 aliphatic heterocycles. The van der Waals surface area contributed by atoms with E-state index in [-0.39, 0.29) is 11.9 Å². The van der Waals surface area contributed by atoms with Gasteiger partial charge in [-0.15, -0.1) is 0 Å². The number of allylic oxidation sites excluding steroid dienone is 1. The Hall–Kier alpha value is -1.32. The lowest BCUT2D eigenvalue weighted by molar-refractivity contribution is -0.115. The Morgan fingerprint density at radius 1 is 1.29 bits per heavy atom. The molecule has 0 atom stereocenters. The number of Topliss-reactive ketones (excluding diaryl/α,β-unsaturated/α-hetero) is 1. The summed E-state index contributed by atoms with van der Waals surface area (Å²) in [5.74, 6) is 0.0441. The van der Waals surface area contributed by atoms with E-state index in [1.165, 1.54) is 4.90 Å². The van der Waals surface area contributed by atoms with Crippen LogP contribution in [0.15, 0.2) is 12.2 Å². The summed E-state index contributed by atoms with van der Waals surface area (Å²) >= 11 is 0. The van der Waals surface area contributed by atoms with Gasteiger partial charge in [-0.2, -0.15) is 0 Å². The summed E-state index contributed by atoms with van der Waals surface area (Å²) in [4.78, 5) is 24.3. The zero-order chi connectivity index (χ0) is 13.6. The molecule has 0 saturated heterocycles. The van der Waals surface area contributed by atoms with E-state index in [4.69, 9.17) is 4.74 Å². The van der Waals surface area contributed by atoms with Crippen molar-refractivity contribution in [2.75, 3.05) is 13.6 Å². The molecule has 0 unspecified atom stereocenters. The third kappa shape index (κ3) is 7.55. The lowest BCUT2D eigenvalue weighted by Gasteiger charge is -2.24. The zero-order valence-electron chi connectivity index (χ0n) is 11.5. The molecule has 0 bridgehead atoms. The molecular formula is C13H23NO3. The highest BCUT2D eigenvalue weighted by Gasteiger charge is 2.19. The van der Waals surface area contributed by atoms with E-state index in [1.54, 1.807) is 14.0 Å². The quantitative estimate of drug-likeness (QED) is 0.695. The minimum atomic E-state index is -0.487. The van der Waals surface area contributed by atoms with Crippen molar-refractivity contribution in [3.05, 3.63) is 12.2 Å². The van der Waals surface area contributed by atoms with Crippen LogP contribution in [0.2, 0.25) is 0 Å². The molecule has 0 fully saturated rings. The monoisotopic (exact) mass is 241 g/mol. The van der Waals surface area contributed by atoms with Gasteiger partial charge in [0.05, 0.1) is 0 Å². The van der Waals surface area contributed by atoms with Crippen LogP contribution in [0.1, 0.15) is 40.5 Å². The Kier molecular flexibility index (Phi) is 5.93. The first-order valence-electron chi connectivity index (χ1n) is 5.76. The van der Waals surface area contributed by atoms with Crippen LogP contribution in [-0.2, 0) is 9.53 Å². The minimum Gasteiger partial charge on any atom is -0.444 e. The van der Waals surface area contributed by atoms with Gasteiger partial charge in [0.15, 0.2) is 5.78 Å². The fraction of sp³-hybridized carbons (Fsp3) is 0.692. The second-order valence-corrected chi connectivity index (χ2v) is 5.21. The van der Waals surface area contributed by atoms with Crippen molar-refractivity contribution < 1.29 is 14.3 Å². The van der Waals surface area contributed by atoms with Crippen molar-refractivity contribution in [3.63, 3.8) is 0 Å². The number of amides is 1. The van der Waals surface area contributed by atoms with Crippen molar-refractivity contribution in [2.45, 2.75) is 46.1 Å². The second kappa shape index (κ2) is 6.42. The normalized spacial score (nSPS) is 10.9. The average molecular weight is 241 g/mol. The molecule has 4 nitrogen and oxygen atoms in total. The maximum atomic E-state index is 11.6. The number of hydrogen-bond acceptors (Lipinski definition) is 3. The number of ketones is 1. The average Bonchev–Trinajstić information content (AvgIpc) is 2.14. The first-order chi connectivity index (χ1) is 7.63. The fourth-order valence-electron chi connectivity index (χ4n) is 1.12. The Balaban J connectivity index is 3.95. The van der Waals surface area contributed by atoms with Crippen molar-refractivity contribution in [1.82, 2.24) is 4.90 Å². The number of rotatable bonds is 5. The molecule has 1 amide bonds. The molecule has 0 aliphatic carbocycles. The van der Waals surface area contributed by atoms with Crippen LogP contribution < -0.4 is 0 Å². The highest BCUT2D eigenvalue weighted by Crippen LogP contribution is 2.09. The number of carbonyl (C=O) groups is 2. The third-order valence-electron chi connectivity index (χ3n) is 2.08. The van der Waals surface area contributed by atoms with Crippen LogP contribution in [0.4, 0.5) is 4.79 Å². The van der Waals surface area contributed by atoms with Crippen LogP contribution in [0.5, 0.6) is 0 Å². The van der Waals surface area contributed by atoms with Crippen LogP contribution in [0.3, 0.4) is 0 Å². The van der Waals surface area contributed by atoms with Gasteiger partial charge in [-0.3, -0.25) is 4.79 Å². The summed E-state index contributed by atoms with van der Waals surface area (Å²) in [5, 5.41) is 0. The number of nitrogens with zero attached hydrogens (tertiary/aromatic N) is 1. The molecule has 0 saturated carbocycles. The predicted octanol–water partition coefficient (Wildman–Crippen LogP) is 2.78. The molecule has 0 N–H and O–H groups in total. The van der Waals surface area contributed by atoms with E-state index in [9.17, 15) is 9.59 Å². The van der Waals surface area contributed by atoms with Crippen LogP contribution in [0, 0.1) is 0 Å². The third-order valence-corrected chi connectivity index (χ3v) is 2.08. The standard InChI is InChI=1S/C13H23NO3/c1-10(2)11(15)8-7-9-14(6)12(16)17-13(3,4)5/h1,7-9H2,2-6H3. The van der Waals surface area contributed by atoms with Crippen molar-refractivity contribution in [1.29, 1.82) is 0 Å². The van der Waals surface area contributed by atoms with Gasteiger partial charge in [0.25, 0.3) is 0 Å². The molecule has 17 heavy (non-hydrogen) atoms. The SMILES string of the molecule is C=C(C)C(=O)CCCN(C)C(=O)OC(C)(C)C. The molecule has 0 heterocycles. The van der Waals surface area contributed by atoms with Crippen LogP contribution in [-0.4, -0.2) is 36.0 Å². The summed E-state index contributed by atoms with van der Waals surface area (Å²) in [5.41, 5.74) is 0.0729. The Morgan fingerprint density at radius 3 is 2.24 bits per heavy atom. The summed E-state index contributed by atoms with van der Waals surface area (Å²) < 4.78 is 5.19. The van der Waals surface area contributed by atoms with E-state index in [0.717, 1.165) is 0 Å². The molecule has 0 rings (SSSR count). The van der Waals surface area contributed by atoms with Gasteiger partial charge >= 0.3 is 6.09 Å². The van der Waals surface area contributed by atoms with Gasteiger partial charge in [-0.05, 0) is 39.7 Å².